The van der Waals surface area contributed by atoms with Gasteiger partial charge < -0.3 is 24.2 Å². The van der Waals surface area contributed by atoms with Gasteiger partial charge in [-0.2, -0.15) is 5.26 Å². The Morgan fingerprint density at radius 3 is 2.28 bits per heavy atom. The lowest BCUT2D eigenvalue weighted by atomic mass is 10.1. The summed E-state index contributed by atoms with van der Waals surface area (Å²) in [4.78, 5) is 31.0. The lowest BCUT2D eigenvalue weighted by Gasteiger charge is -2.38. The molecule has 5 rings (SSSR count). The van der Waals surface area contributed by atoms with Crippen LogP contribution in [0.5, 0.6) is 5.75 Å². The minimum Gasteiger partial charge on any atom is -0.477 e. The largest absolute Gasteiger partial charge is 0.487 e. The standard InChI is InChI=1S/C33H31ClF3N5O4/c1-3-39(4-2)19-21-9-11-23(12-10-21)42-20-25(32(44)45)30(43)24-17-26(35)29(31(28(24)42)46-33(34,36)37)41-15-13-40(14-16-41)27-8-6-5-7-22(27)18-38/h5-12,17,20H,3-4,13-16,19H2,1-2H3,(H,44,45). The first-order valence-electron chi connectivity index (χ1n) is 14.7. The molecule has 46 heavy (non-hydrogen) atoms. The second-order valence-electron chi connectivity index (χ2n) is 10.8. The van der Waals surface area contributed by atoms with E-state index in [0.29, 0.717) is 36.6 Å². The molecular formula is C33H31ClF3N5O4. The van der Waals surface area contributed by atoms with Crippen molar-refractivity contribution in [2.75, 3.05) is 49.1 Å². The third-order valence-corrected chi connectivity index (χ3v) is 8.17. The minimum absolute atomic E-state index is 0.143. The third kappa shape index (κ3) is 6.61. The van der Waals surface area contributed by atoms with Crippen molar-refractivity contribution >= 4 is 39.8 Å². The monoisotopic (exact) mass is 653 g/mol. The highest BCUT2D eigenvalue weighted by Gasteiger charge is 2.35. The van der Waals surface area contributed by atoms with Crippen LogP contribution in [0.1, 0.15) is 35.3 Å². The zero-order valence-corrected chi connectivity index (χ0v) is 25.9. The lowest BCUT2D eigenvalue weighted by molar-refractivity contribution is -0.0955. The molecule has 13 heteroatoms. The predicted octanol–water partition coefficient (Wildman–Crippen LogP) is 6.04. The number of para-hydroxylation sites is 1. The first-order chi connectivity index (χ1) is 21.9. The lowest BCUT2D eigenvalue weighted by Crippen LogP contribution is -2.47. The molecule has 0 spiro atoms. The van der Waals surface area contributed by atoms with Crippen LogP contribution in [0.2, 0.25) is 0 Å². The van der Waals surface area contributed by atoms with Crippen molar-refractivity contribution in [1.82, 2.24) is 9.47 Å². The highest BCUT2D eigenvalue weighted by Crippen LogP contribution is 2.43. The fourth-order valence-electron chi connectivity index (χ4n) is 5.76. The summed E-state index contributed by atoms with van der Waals surface area (Å²) in [6, 6.07) is 16.9. The molecule has 0 amide bonds. The molecule has 1 saturated heterocycles. The number of anilines is 2. The van der Waals surface area contributed by atoms with Gasteiger partial charge in [-0.15, -0.1) is 8.78 Å². The van der Waals surface area contributed by atoms with E-state index in [4.69, 9.17) is 16.3 Å². The number of alkyl halides is 3. The number of rotatable bonds is 10. The predicted molar refractivity (Wildman–Crippen MR) is 170 cm³/mol. The van der Waals surface area contributed by atoms with Crippen LogP contribution in [0.3, 0.4) is 0 Å². The van der Waals surface area contributed by atoms with E-state index in [9.17, 15) is 28.7 Å². The molecule has 1 N–H and O–H groups in total. The number of aromatic nitrogens is 1. The van der Waals surface area contributed by atoms with E-state index in [1.165, 1.54) is 9.47 Å². The SMILES string of the molecule is CCN(CC)Cc1ccc(-n2cc(C(=O)O)c(=O)c3cc(F)c(N4CCN(c5ccccc5C#N)CC4)c(OC(F)(F)Cl)c32)cc1. The molecule has 240 valence electrons. The number of pyridine rings is 1. The molecule has 1 aromatic heterocycles. The molecule has 4 aromatic rings. The molecule has 0 aliphatic carbocycles. The quantitative estimate of drug-likeness (QED) is 0.207. The van der Waals surface area contributed by atoms with E-state index in [2.05, 4.69) is 11.0 Å². The summed E-state index contributed by atoms with van der Waals surface area (Å²) in [5.41, 5.74) is -4.24. The molecule has 9 nitrogen and oxygen atoms in total. The molecule has 3 aromatic carbocycles. The summed E-state index contributed by atoms with van der Waals surface area (Å²) >= 11 is 5.26. The molecule has 0 radical (unpaired) electrons. The number of carboxylic acids is 1. The Hall–Kier alpha value is -4.73. The number of benzene rings is 3. The van der Waals surface area contributed by atoms with Crippen molar-refractivity contribution in [1.29, 1.82) is 5.26 Å². The van der Waals surface area contributed by atoms with Gasteiger partial charge in [-0.05, 0) is 49.0 Å². The van der Waals surface area contributed by atoms with Gasteiger partial charge in [0, 0.05) is 56.2 Å². The van der Waals surface area contributed by atoms with Crippen molar-refractivity contribution in [3.05, 3.63) is 93.5 Å². The smallest absolute Gasteiger partial charge is 0.477 e. The summed E-state index contributed by atoms with van der Waals surface area (Å²) in [6.45, 7) is 7.27. The first-order valence-corrected chi connectivity index (χ1v) is 15.0. The van der Waals surface area contributed by atoms with E-state index in [1.54, 1.807) is 48.5 Å². The van der Waals surface area contributed by atoms with Gasteiger partial charge in [-0.25, -0.2) is 9.18 Å². The van der Waals surface area contributed by atoms with Gasteiger partial charge in [0.25, 0.3) is 0 Å². The van der Waals surface area contributed by atoms with Crippen LogP contribution < -0.4 is 20.0 Å². The molecule has 2 heterocycles. The number of nitrogens with zero attached hydrogens (tertiary/aromatic N) is 5. The van der Waals surface area contributed by atoms with Crippen LogP contribution in [0.25, 0.3) is 16.6 Å². The first kappa shape index (κ1) is 32.7. The van der Waals surface area contributed by atoms with Crippen LogP contribution in [0, 0.1) is 17.1 Å². The van der Waals surface area contributed by atoms with Crippen LogP contribution in [-0.2, 0) is 6.54 Å². The van der Waals surface area contributed by atoms with Crippen molar-refractivity contribution in [3.8, 4) is 17.5 Å². The Balaban J connectivity index is 1.67. The number of ether oxygens (including phenoxy) is 1. The Morgan fingerprint density at radius 1 is 1.07 bits per heavy atom. The Morgan fingerprint density at radius 2 is 1.70 bits per heavy atom. The van der Waals surface area contributed by atoms with E-state index < -0.39 is 39.5 Å². The van der Waals surface area contributed by atoms with Gasteiger partial charge in [-0.1, -0.05) is 38.1 Å². The molecule has 1 aliphatic rings. The minimum atomic E-state index is -4.30. The summed E-state index contributed by atoms with van der Waals surface area (Å²) in [5, 5.41) is 18.9. The maximum Gasteiger partial charge on any atom is 0.487 e. The van der Waals surface area contributed by atoms with E-state index in [-0.39, 0.29) is 24.3 Å². The number of nitriles is 1. The fourth-order valence-corrected chi connectivity index (χ4v) is 5.84. The maximum absolute atomic E-state index is 16.0. The molecule has 0 bridgehead atoms. The number of piperazine rings is 1. The summed E-state index contributed by atoms with van der Waals surface area (Å²) < 4.78 is 51.1. The highest BCUT2D eigenvalue weighted by atomic mass is 35.5. The van der Waals surface area contributed by atoms with E-state index in [1.807, 2.05) is 18.7 Å². The van der Waals surface area contributed by atoms with Gasteiger partial charge >= 0.3 is 11.5 Å². The molecule has 1 fully saturated rings. The van der Waals surface area contributed by atoms with Crippen molar-refractivity contribution in [2.24, 2.45) is 0 Å². The fraction of sp³-hybridized carbons (Fsp3) is 0.303. The number of fused-ring (bicyclic) bond motifs is 1. The van der Waals surface area contributed by atoms with Crippen molar-refractivity contribution in [3.63, 3.8) is 0 Å². The second-order valence-corrected chi connectivity index (χ2v) is 11.2. The molecule has 0 saturated carbocycles. The van der Waals surface area contributed by atoms with Gasteiger partial charge in [0.05, 0.1) is 16.6 Å². The number of aromatic carboxylic acids is 1. The summed E-state index contributed by atoms with van der Waals surface area (Å²) in [6.07, 6.45) is 1.02. The van der Waals surface area contributed by atoms with Crippen LogP contribution in [0.15, 0.2) is 65.6 Å². The topological polar surface area (TPSA) is 102 Å². The normalized spacial score (nSPS) is 13.7. The zero-order chi connectivity index (χ0) is 33.2. The van der Waals surface area contributed by atoms with Crippen LogP contribution >= 0.6 is 11.6 Å². The summed E-state index contributed by atoms with van der Waals surface area (Å²) in [7, 11) is 0. The Labute approximate surface area is 268 Å². The number of hydrogen-bond acceptors (Lipinski definition) is 7. The average molecular weight is 654 g/mol. The third-order valence-electron chi connectivity index (χ3n) is 8.10. The van der Waals surface area contributed by atoms with Gasteiger partial charge in [0.2, 0.25) is 5.43 Å². The number of carboxylic acid groups (broad SMARTS) is 1. The Bertz CT molecular complexity index is 1860. The maximum atomic E-state index is 16.0. The van der Waals surface area contributed by atoms with Gasteiger partial charge in [0.1, 0.15) is 22.8 Å². The Kier molecular flexibility index (Phi) is 9.46. The summed E-state index contributed by atoms with van der Waals surface area (Å²) in [5.74, 6) is -3.33. The van der Waals surface area contributed by atoms with Gasteiger partial charge in [0.15, 0.2) is 11.6 Å². The average Bonchev–Trinajstić information content (AvgIpc) is 3.03. The highest BCUT2D eigenvalue weighted by molar-refractivity contribution is 6.21. The number of hydrogen-bond donors (Lipinski definition) is 1. The van der Waals surface area contributed by atoms with E-state index in [0.717, 1.165) is 30.9 Å². The van der Waals surface area contributed by atoms with Crippen molar-refractivity contribution < 1.29 is 27.8 Å². The molecule has 0 atom stereocenters. The zero-order valence-electron chi connectivity index (χ0n) is 25.1. The number of halogens is 4. The van der Waals surface area contributed by atoms with E-state index >= 15 is 4.39 Å². The molecule has 1 aliphatic heterocycles. The number of carbonyl (C=O) groups is 1. The van der Waals surface area contributed by atoms with Crippen LogP contribution in [-0.4, -0.2) is 65.4 Å². The second kappa shape index (κ2) is 13.3. The van der Waals surface area contributed by atoms with Crippen LogP contribution in [0.4, 0.5) is 24.5 Å². The van der Waals surface area contributed by atoms with Crippen molar-refractivity contribution in [2.45, 2.75) is 26.0 Å². The van der Waals surface area contributed by atoms with Gasteiger partial charge in [-0.3, -0.25) is 9.69 Å². The molecular weight excluding hydrogens is 623 g/mol. The molecule has 0 unspecified atom stereocenters.